The third-order valence-electron chi connectivity index (χ3n) is 2.25. The number of benzene rings is 1. The van der Waals surface area contributed by atoms with Crippen molar-refractivity contribution in [2.24, 2.45) is 0 Å². The first-order valence-corrected chi connectivity index (χ1v) is 7.40. The third-order valence-corrected chi connectivity index (χ3v) is 5.83. The summed E-state index contributed by atoms with van der Waals surface area (Å²) < 4.78 is 17.2. The van der Waals surface area contributed by atoms with E-state index in [1.165, 1.54) is 5.56 Å². The molecule has 0 aliphatic carbocycles. The zero-order valence-corrected chi connectivity index (χ0v) is 10.1. The quantitative estimate of drug-likeness (QED) is 0.808. The molecular formula is C11H14O2S2. The van der Waals surface area contributed by atoms with Crippen LogP contribution in [0.3, 0.4) is 0 Å². The van der Waals surface area contributed by atoms with Gasteiger partial charge in [-0.05, 0) is 5.56 Å². The molecule has 2 atom stereocenters. The molecule has 1 aliphatic heterocycles. The summed E-state index contributed by atoms with van der Waals surface area (Å²) in [6.07, 6.45) is 0. The summed E-state index contributed by atoms with van der Waals surface area (Å²) in [4.78, 5) is 0. The van der Waals surface area contributed by atoms with Gasteiger partial charge in [-0.15, -0.1) is 11.8 Å². The fourth-order valence-electron chi connectivity index (χ4n) is 1.44. The topological polar surface area (TPSA) is 26.3 Å². The molecule has 2 rings (SSSR count). The van der Waals surface area contributed by atoms with Gasteiger partial charge in [0.25, 0.3) is 0 Å². The van der Waals surface area contributed by atoms with Crippen LogP contribution in [-0.4, -0.2) is 26.9 Å². The second kappa shape index (κ2) is 5.68. The van der Waals surface area contributed by atoms with Crippen molar-refractivity contribution < 1.29 is 8.95 Å². The molecular weight excluding hydrogens is 228 g/mol. The molecule has 1 aromatic carbocycles. The van der Waals surface area contributed by atoms with E-state index in [9.17, 15) is 4.21 Å². The van der Waals surface area contributed by atoms with Gasteiger partial charge in [0.1, 0.15) is 4.58 Å². The number of thioether (sulfide) groups is 1. The predicted molar refractivity (Wildman–Crippen MR) is 65.4 cm³/mol. The minimum atomic E-state index is -0.681. The molecule has 1 heterocycles. The fourth-order valence-corrected chi connectivity index (χ4v) is 4.63. The van der Waals surface area contributed by atoms with Crippen LogP contribution in [0.1, 0.15) is 5.56 Å². The highest BCUT2D eigenvalue weighted by Crippen LogP contribution is 2.23. The van der Waals surface area contributed by atoms with E-state index < -0.39 is 10.8 Å². The second-order valence-corrected chi connectivity index (χ2v) is 6.73. The van der Waals surface area contributed by atoms with Crippen molar-refractivity contribution in [3.8, 4) is 0 Å². The van der Waals surface area contributed by atoms with E-state index in [0.29, 0.717) is 13.2 Å². The number of ether oxygens (including phenoxy) is 1. The lowest BCUT2D eigenvalue weighted by molar-refractivity contribution is 0.132. The lowest BCUT2D eigenvalue weighted by atomic mass is 10.2. The Hall–Kier alpha value is -0.320. The van der Waals surface area contributed by atoms with Crippen LogP contribution in [0.4, 0.5) is 0 Å². The van der Waals surface area contributed by atoms with Gasteiger partial charge in [0.15, 0.2) is 0 Å². The van der Waals surface area contributed by atoms with Crippen molar-refractivity contribution in [1.82, 2.24) is 0 Å². The molecule has 0 amide bonds. The maximum atomic E-state index is 11.4. The Kier molecular flexibility index (Phi) is 4.23. The summed E-state index contributed by atoms with van der Waals surface area (Å²) >= 11 is 1.76. The number of hydrogen-bond acceptors (Lipinski definition) is 3. The van der Waals surface area contributed by atoms with Gasteiger partial charge in [0.2, 0.25) is 0 Å². The minimum Gasteiger partial charge on any atom is -0.375 e. The van der Waals surface area contributed by atoms with Crippen molar-refractivity contribution in [1.29, 1.82) is 0 Å². The van der Waals surface area contributed by atoms with Gasteiger partial charge in [-0.1, -0.05) is 30.3 Å². The molecule has 1 unspecified atom stereocenters. The van der Waals surface area contributed by atoms with Gasteiger partial charge in [-0.2, -0.15) is 0 Å². The van der Waals surface area contributed by atoms with E-state index in [2.05, 4.69) is 0 Å². The molecule has 0 N–H and O–H groups in total. The lowest BCUT2D eigenvalue weighted by Gasteiger charge is -2.08. The van der Waals surface area contributed by atoms with Crippen LogP contribution >= 0.6 is 11.8 Å². The number of rotatable bonds is 4. The predicted octanol–water partition coefficient (Wildman–Crippen LogP) is 2.02. The van der Waals surface area contributed by atoms with Gasteiger partial charge >= 0.3 is 0 Å². The van der Waals surface area contributed by atoms with Crippen LogP contribution in [0.15, 0.2) is 30.3 Å². The molecule has 1 saturated heterocycles. The first kappa shape index (κ1) is 11.2. The van der Waals surface area contributed by atoms with Crippen LogP contribution in [0, 0.1) is 0 Å². The average molecular weight is 242 g/mol. The summed E-state index contributed by atoms with van der Waals surface area (Å²) in [5, 5.41) is 0. The zero-order valence-electron chi connectivity index (χ0n) is 8.43. The average Bonchev–Trinajstić information content (AvgIpc) is 2.66. The standard InChI is InChI=1S/C11H14O2S2/c12-15-7-6-14-11(15)9-13-8-10-4-2-1-3-5-10/h1-5,11H,6-9H2/t11-,15?/m1/s1. The van der Waals surface area contributed by atoms with Crippen LogP contribution in [0.5, 0.6) is 0 Å². The van der Waals surface area contributed by atoms with Crippen LogP contribution in [0.25, 0.3) is 0 Å². The summed E-state index contributed by atoms with van der Waals surface area (Å²) in [6.45, 7) is 1.22. The number of hydrogen-bond donors (Lipinski definition) is 0. The maximum Gasteiger partial charge on any atom is 0.103 e. The maximum absolute atomic E-state index is 11.4. The Morgan fingerprint density at radius 1 is 1.40 bits per heavy atom. The normalized spacial score (nSPS) is 25.6. The molecule has 1 aliphatic rings. The first-order chi connectivity index (χ1) is 7.36. The van der Waals surface area contributed by atoms with E-state index in [4.69, 9.17) is 4.74 Å². The Bertz CT molecular complexity index is 327. The molecule has 0 saturated carbocycles. The summed E-state index contributed by atoms with van der Waals surface area (Å²) in [5.41, 5.74) is 1.17. The summed E-state index contributed by atoms with van der Waals surface area (Å²) in [6, 6.07) is 10.1. The van der Waals surface area contributed by atoms with Gasteiger partial charge in [-0.25, -0.2) is 0 Å². The monoisotopic (exact) mass is 242 g/mol. The van der Waals surface area contributed by atoms with E-state index in [-0.39, 0.29) is 4.58 Å². The van der Waals surface area contributed by atoms with Crippen molar-refractivity contribution in [2.45, 2.75) is 11.2 Å². The molecule has 1 fully saturated rings. The molecule has 0 spiro atoms. The van der Waals surface area contributed by atoms with Gasteiger partial charge in [0, 0.05) is 22.3 Å². The zero-order chi connectivity index (χ0) is 10.5. The third kappa shape index (κ3) is 3.33. The molecule has 0 bridgehead atoms. The fraction of sp³-hybridized carbons (Fsp3) is 0.455. The minimum absolute atomic E-state index is 0.189. The Labute approximate surface area is 96.9 Å². The largest absolute Gasteiger partial charge is 0.375 e. The molecule has 4 heteroatoms. The summed E-state index contributed by atoms with van der Waals surface area (Å²) in [7, 11) is -0.681. The first-order valence-electron chi connectivity index (χ1n) is 4.97. The van der Waals surface area contributed by atoms with Crippen LogP contribution in [-0.2, 0) is 22.1 Å². The van der Waals surface area contributed by atoms with Crippen molar-refractivity contribution in [3.05, 3.63) is 35.9 Å². The second-order valence-electron chi connectivity index (χ2n) is 3.39. The molecule has 1 aromatic rings. The van der Waals surface area contributed by atoms with Gasteiger partial charge in [-0.3, -0.25) is 4.21 Å². The molecule has 0 radical (unpaired) electrons. The van der Waals surface area contributed by atoms with E-state index >= 15 is 0 Å². The van der Waals surface area contributed by atoms with Crippen LogP contribution in [0.2, 0.25) is 0 Å². The van der Waals surface area contributed by atoms with Crippen molar-refractivity contribution in [3.63, 3.8) is 0 Å². The highest BCUT2D eigenvalue weighted by Gasteiger charge is 2.23. The highest BCUT2D eigenvalue weighted by molar-refractivity contribution is 8.14. The van der Waals surface area contributed by atoms with Gasteiger partial charge < -0.3 is 4.74 Å². The molecule has 0 aromatic heterocycles. The molecule has 82 valence electrons. The van der Waals surface area contributed by atoms with E-state index in [1.54, 1.807) is 11.8 Å². The highest BCUT2D eigenvalue weighted by atomic mass is 32.2. The Balaban J connectivity index is 1.73. The smallest absolute Gasteiger partial charge is 0.103 e. The summed E-state index contributed by atoms with van der Waals surface area (Å²) in [5.74, 6) is 1.83. The van der Waals surface area contributed by atoms with Gasteiger partial charge in [0.05, 0.1) is 13.2 Å². The van der Waals surface area contributed by atoms with Crippen LogP contribution < -0.4 is 0 Å². The van der Waals surface area contributed by atoms with E-state index in [1.807, 2.05) is 30.3 Å². The van der Waals surface area contributed by atoms with Crippen molar-refractivity contribution in [2.75, 3.05) is 18.1 Å². The lowest BCUT2D eigenvalue weighted by Crippen LogP contribution is -2.14. The Morgan fingerprint density at radius 2 is 2.20 bits per heavy atom. The SMILES string of the molecule is O=S1CCS[C@H]1COCc1ccccc1. The molecule has 15 heavy (non-hydrogen) atoms. The van der Waals surface area contributed by atoms with Crippen molar-refractivity contribution >= 4 is 22.6 Å². The van der Waals surface area contributed by atoms with E-state index in [0.717, 1.165) is 11.5 Å². The molecule has 2 nitrogen and oxygen atoms in total. The Morgan fingerprint density at radius 3 is 2.87 bits per heavy atom.